The molecule has 0 spiro atoms. The van der Waals surface area contributed by atoms with Crippen LogP contribution in [-0.4, -0.2) is 15.7 Å². The van der Waals surface area contributed by atoms with Crippen LogP contribution < -0.4 is 5.32 Å². The topological polar surface area (TPSA) is 46.9 Å². The molecule has 7 heteroatoms. The number of carbonyl (C=O) groups excluding carboxylic acids is 1. The predicted octanol–water partition coefficient (Wildman–Crippen LogP) is 5.10. The van der Waals surface area contributed by atoms with Gasteiger partial charge < -0.3 is 5.32 Å². The van der Waals surface area contributed by atoms with Crippen LogP contribution >= 0.6 is 11.6 Å². The number of rotatable bonds is 3. The highest BCUT2D eigenvalue weighted by molar-refractivity contribution is 6.29. The Balaban J connectivity index is 1.71. The zero-order chi connectivity index (χ0) is 18.6. The largest absolute Gasteiger partial charge is 0.322 e. The van der Waals surface area contributed by atoms with Gasteiger partial charge in [-0.25, -0.2) is 8.78 Å². The van der Waals surface area contributed by atoms with E-state index in [-0.39, 0.29) is 11.5 Å². The molecule has 1 heterocycles. The van der Waals surface area contributed by atoms with E-state index >= 15 is 0 Å². The molecule has 1 fully saturated rings. The number of anilines is 1. The van der Waals surface area contributed by atoms with Crippen LogP contribution in [0.1, 0.15) is 65.2 Å². The minimum absolute atomic E-state index is 0.104. The van der Waals surface area contributed by atoms with Crippen molar-refractivity contribution in [3.05, 3.63) is 57.4 Å². The summed E-state index contributed by atoms with van der Waals surface area (Å²) in [6.45, 7) is 1.90. The Morgan fingerprint density at radius 1 is 1.35 bits per heavy atom. The summed E-state index contributed by atoms with van der Waals surface area (Å²) in [7, 11) is 1.52. The second-order valence-electron chi connectivity index (χ2n) is 6.84. The lowest BCUT2D eigenvalue weighted by atomic mass is 9.90. The number of fused-ring (bicyclic) bond motifs is 5. The Labute approximate surface area is 154 Å². The SMILES string of the molecule is C/C(Cl)=C1\C2CC[C@H]1c1cccc(NC(=O)c3cn(C)nc3C(F)F)c12. The van der Waals surface area contributed by atoms with Crippen LogP contribution in [0.5, 0.6) is 0 Å². The Morgan fingerprint density at radius 3 is 2.77 bits per heavy atom. The second kappa shape index (κ2) is 6.20. The van der Waals surface area contributed by atoms with Crippen molar-refractivity contribution >= 4 is 23.2 Å². The summed E-state index contributed by atoms with van der Waals surface area (Å²) < 4.78 is 27.5. The van der Waals surface area contributed by atoms with Gasteiger partial charge in [0.15, 0.2) is 0 Å². The number of amides is 1. The zero-order valence-electron chi connectivity index (χ0n) is 14.4. The molecule has 2 aliphatic rings. The van der Waals surface area contributed by atoms with Gasteiger partial charge in [-0.3, -0.25) is 9.48 Å². The third-order valence-corrected chi connectivity index (χ3v) is 5.53. The molecular weight excluding hydrogens is 360 g/mol. The summed E-state index contributed by atoms with van der Waals surface area (Å²) in [5.41, 5.74) is 3.52. The van der Waals surface area contributed by atoms with Crippen molar-refractivity contribution in [1.82, 2.24) is 9.78 Å². The van der Waals surface area contributed by atoms with E-state index in [1.54, 1.807) is 0 Å². The maximum Gasteiger partial charge on any atom is 0.282 e. The monoisotopic (exact) mass is 377 g/mol. The molecule has 2 bridgehead atoms. The number of halogens is 3. The predicted molar refractivity (Wildman–Crippen MR) is 95.8 cm³/mol. The molecule has 2 atom stereocenters. The van der Waals surface area contributed by atoms with Crippen LogP contribution in [0.3, 0.4) is 0 Å². The van der Waals surface area contributed by atoms with E-state index in [4.69, 9.17) is 11.6 Å². The van der Waals surface area contributed by atoms with Crippen LogP contribution in [0.15, 0.2) is 35.0 Å². The van der Waals surface area contributed by atoms with Crippen molar-refractivity contribution < 1.29 is 13.6 Å². The molecule has 2 aliphatic carbocycles. The smallest absolute Gasteiger partial charge is 0.282 e. The van der Waals surface area contributed by atoms with Gasteiger partial charge in [0.2, 0.25) is 0 Å². The van der Waals surface area contributed by atoms with Gasteiger partial charge in [-0.05, 0) is 42.5 Å². The fraction of sp³-hybridized carbons (Fsp3) is 0.368. The van der Waals surface area contributed by atoms with Gasteiger partial charge in [0.1, 0.15) is 5.69 Å². The van der Waals surface area contributed by atoms with Gasteiger partial charge >= 0.3 is 0 Å². The van der Waals surface area contributed by atoms with E-state index in [0.29, 0.717) is 11.6 Å². The normalized spacial score (nSPS) is 22.7. The summed E-state index contributed by atoms with van der Waals surface area (Å²) in [5, 5.41) is 7.32. The van der Waals surface area contributed by atoms with Gasteiger partial charge in [-0.1, -0.05) is 23.7 Å². The van der Waals surface area contributed by atoms with Crippen molar-refractivity contribution in [3.8, 4) is 0 Å². The van der Waals surface area contributed by atoms with Crippen molar-refractivity contribution in [2.45, 2.75) is 38.0 Å². The number of nitrogens with one attached hydrogen (secondary N) is 1. The Kier molecular flexibility index (Phi) is 4.10. The van der Waals surface area contributed by atoms with Crippen molar-refractivity contribution in [2.24, 2.45) is 7.05 Å². The molecule has 1 unspecified atom stereocenters. The molecule has 1 saturated carbocycles. The molecule has 1 N–H and O–H groups in total. The van der Waals surface area contributed by atoms with E-state index < -0.39 is 18.0 Å². The van der Waals surface area contributed by atoms with E-state index in [0.717, 1.165) is 23.4 Å². The molecule has 0 radical (unpaired) electrons. The van der Waals surface area contributed by atoms with Gasteiger partial charge in [0.25, 0.3) is 12.3 Å². The van der Waals surface area contributed by atoms with E-state index in [1.807, 2.05) is 19.1 Å². The molecule has 1 aromatic heterocycles. The van der Waals surface area contributed by atoms with E-state index in [1.165, 1.54) is 29.1 Å². The molecule has 4 nitrogen and oxygen atoms in total. The minimum atomic E-state index is -2.80. The number of aromatic nitrogens is 2. The Hall–Kier alpha value is -2.21. The number of alkyl halides is 2. The Bertz CT molecular complexity index is 931. The van der Waals surface area contributed by atoms with Crippen LogP contribution in [0.2, 0.25) is 0 Å². The fourth-order valence-electron chi connectivity index (χ4n) is 4.41. The number of aryl methyl sites for hydroxylation is 1. The number of hydrogen-bond donors (Lipinski definition) is 1. The summed E-state index contributed by atoms with van der Waals surface area (Å²) in [6, 6.07) is 5.76. The van der Waals surface area contributed by atoms with Crippen molar-refractivity contribution in [1.29, 1.82) is 0 Å². The van der Waals surface area contributed by atoms with Crippen molar-refractivity contribution in [3.63, 3.8) is 0 Å². The summed E-state index contributed by atoms with van der Waals surface area (Å²) in [6.07, 6.45) is 0.550. The maximum atomic E-state index is 13.1. The molecule has 0 saturated heterocycles. The van der Waals surface area contributed by atoms with Gasteiger partial charge in [-0.15, -0.1) is 0 Å². The first-order chi connectivity index (χ1) is 12.4. The number of benzene rings is 1. The lowest BCUT2D eigenvalue weighted by Crippen LogP contribution is -2.16. The quantitative estimate of drug-likeness (QED) is 0.809. The lowest BCUT2D eigenvalue weighted by molar-refractivity contribution is 0.101. The summed E-state index contributed by atoms with van der Waals surface area (Å²) in [4.78, 5) is 12.6. The molecular formula is C19H18ClF2N3O. The standard InChI is InChI=1S/C19H18ClF2N3O/c1-9(20)15-11-6-7-12(15)16-10(11)4-3-5-14(16)23-19(26)13-8-25(2)24-17(13)18(21)22/h3-5,8,11-12,18H,6-7H2,1-2H3,(H,23,26)/b15-9+/t11-,12?/m0/s1. The average molecular weight is 378 g/mol. The number of allylic oxidation sites excluding steroid dienone is 2. The summed E-state index contributed by atoms with van der Waals surface area (Å²) >= 11 is 6.31. The van der Waals surface area contributed by atoms with Crippen molar-refractivity contribution in [2.75, 3.05) is 5.32 Å². The van der Waals surface area contributed by atoms with Gasteiger partial charge in [0, 0.05) is 35.8 Å². The average Bonchev–Trinajstić information content (AvgIpc) is 3.26. The molecule has 0 aliphatic heterocycles. The maximum absolute atomic E-state index is 13.1. The van der Waals surface area contributed by atoms with E-state index in [2.05, 4.69) is 16.5 Å². The molecule has 136 valence electrons. The Morgan fingerprint density at radius 2 is 2.08 bits per heavy atom. The third-order valence-electron chi connectivity index (χ3n) is 5.31. The highest BCUT2D eigenvalue weighted by Gasteiger charge is 2.43. The zero-order valence-corrected chi connectivity index (χ0v) is 15.1. The summed E-state index contributed by atoms with van der Waals surface area (Å²) in [5.74, 6) is -0.0930. The number of hydrogen-bond acceptors (Lipinski definition) is 2. The van der Waals surface area contributed by atoms with Gasteiger partial charge in [-0.2, -0.15) is 5.10 Å². The van der Waals surface area contributed by atoms with Crippen LogP contribution in [0.4, 0.5) is 14.5 Å². The van der Waals surface area contributed by atoms with Gasteiger partial charge in [0.05, 0.1) is 5.56 Å². The first-order valence-corrected chi connectivity index (χ1v) is 8.88. The fourth-order valence-corrected chi connectivity index (χ4v) is 4.67. The second-order valence-corrected chi connectivity index (χ2v) is 7.40. The number of nitrogens with zero attached hydrogens (tertiary/aromatic N) is 2. The molecule has 26 heavy (non-hydrogen) atoms. The molecule has 4 rings (SSSR count). The molecule has 1 aromatic carbocycles. The van der Waals surface area contributed by atoms with E-state index in [9.17, 15) is 13.6 Å². The van der Waals surface area contributed by atoms with Crippen LogP contribution in [0.25, 0.3) is 0 Å². The lowest BCUT2D eigenvalue weighted by Gasteiger charge is -2.18. The minimum Gasteiger partial charge on any atom is -0.322 e. The highest BCUT2D eigenvalue weighted by atomic mass is 35.5. The first kappa shape index (κ1) is 17.2. The third kappa shape index (κ3) is 2.55. The molecule has 2 aromatic rings. The number of carbonyl (C=O) groups is 1. The first-order valence-electron chi connectivity index (χ1n) is 8.50. The molecule has 1 amide bonds. The van der Waals surface area contributed by atoms with Crippen LogP contribution in [0, 0.1) is 0 Å². The van der Waals surface area contributed by atoms with Crippen LogP contribution in [-0.2, 0) is 7.05 Å². The highest BCUT2D eigenvalue weighted by Crippen LogP contribution is 2.60.